The molecule has 0 saturated carbocycles. The Balaban J connectivity index is 1.72. The number of urea groups is 1. The summed E-state index contributed by atoms with van der Waals surface area (Å²) in [5, 5.41) is 6.04. The number of ether oxygens (including phenoxy) is 1. The Morgan fingerprint density at radius 2 is 2.18 bits per heavy atom. The van der Waals surface area contributed by atoms with E-state index in [2.05, 4.69) is 15.6 Å². The van der Waals surface area contributed by atoms with Crippen molar-refractivity contribution in [3.05, 3.63) is 47.5 Å². The number of para-hydroxylation sites is 1. The van der Waals surface area contributed by atoms with E-state index < -0.39 is 0 Å². The lowest BCUT2D eigenvalue weighted by atomic mass is 10.3. The van der Waals surface area contributed by atoms with Crippen molar-refractivity contribution in [2.45, 2.75) is 19.6 Å². The molecular formula is C15H19ClN4O2. The fourth-order valence-corrected chi connectivity index (χ4v) is 2.00. The molecule has 1 heterocycles. The minimum Gasteiger partial charge on any atom is -0.487 e. The molecule has 0 spiro atoms. The molecule has 2 aromatic rings. The first kappa shape index (κ1) is 16.2. The number of nitrogens with one attached hydrogen (secondary N) is 2. The lowest BCUT2D eigenvalue weighted by Crippen LogP contribution is -2.40. The molecule has 6 nitrogen and oxygen atoms in total. The van der Waals surface area contributed by atoms with Gasteiger partial charge in [-0.05, 0) is 19.1 Å². The zero-order valence-electron chi connectivity index (χ0n) is 12.5. The highest BCUT2D eigenvalue weighted by atomic mass is 35.5. The van der Waals surface area contributed by atoms with Crippen LogP contribution in [0, 0.1) is 0 Å². The number of rotatable bonds is 6. The SMILES string of the molecule is C[C@@H](CNC(=O)NCc1nccn1C)Oc1ccccc1Cl. The molecule has 0 aliphatic heterocycles. The maximum absolute atomic E-state index is 11.7. The molecule has 0 saturated heterocycles. The number of aryl methyl sites for hydroxylation is 1. The Morgan fingerprint density at radius 1 is 1.41 bits per heavy atom. The van der Waals surface area contributed by atoms with Gasteiger partial charge in [0.15, 0.2) is 0 Å². The fraction of sp³-hybridized carbons (Fsp3) is 0.333. The number of aromatic nitrogens is 2. The van der Waals surface area contributed by atoms with E-state index in [1.165, 1.54) is 0 Å². The summed E-state index contributed by atoms with van der Waals surface area (Å²) in [6.45, 7) is 2.61. The molecule has 1 aromatic carbocycles. The molecule has 1 aromatic heterocycles. The van der Waals surface area contributed by atoms with Gasteiger partial charge in [0, 0.05) is 19.4 Å². The lowest BCUT2D eigenvalue weighted by molar-refractivity contribution is 0.207. The average molecular weight is 323 g/mol. The van der Waals surface area contributed by atoms with E-state index in [0.29, 0.717) is 23.9 Å². The van der Waals surface area contributed by atoms with Gasteiger partial charge in [-0.15, -0.1) is 0 Å². The summed E-state index contributed by atoms with van der Waals surface area (Å²) in [7, 11) is 1.88. The van der Waals surface area contributed by atoms with E-state index in [9.17, 15) is 4.79 Å². The molecule has 2 rings (SSSR count). The highest BCUT2D eigenvalue weighted by Gasteiger charge is 2.09. The van der Waals surface area contributed by atoms with Crippen molar-refractivity contribution in [2.24, 2.45) is 7.05 Å². The number of amides is 2. The number of hydrogen-bond donors (Lipinski definition) is 2. The molecular weight excluding hydrogens is 304 g/mol. The number of imidazole rings is 1. The summed E-state index contributed by atoms with van der Waals surface area (Å²) >= 11 is 6.02. The second kappa shape index (κ2) is 7.70. The van der Waals surface area contributed by atoms with Gasteiger partial charge in [-0.1, -0.05) is 23.7 Å². The minimum absolute atomic E-state index is 0.196. The van der Waals surface area contributed by atoms with Crippen molar-refractivity contribution >= 4 is 17.6 Å². The quantitative estimate of drug-likeness (QED) is 0.857. The average Bonchev–Trinajstić information content (AvgIpc) is 2.91. The highest BCUT2D eigenvalue weighted by molar-refractivity contribution is 6.32. The first-order valence-corrected chi connectivity index (χ1v) is 7.33. The van der Waals surface area contributed by atoms with Gasteiger partial charge in [0.2, 0.25) is 0 Å². The van der Waals surface area contributed by atoms with Crippen molar-refractivity contribution in [1.29, 1.82) is 0 Å². The van der Waals surface area contributed by atoms with Crippen LogP contribution in [0.25, 0.3) is 0 Å². The van der Waals surface area contributed by atoms with Gasteiger partial charge < -0.3 is 19.9 Å². The van der Waals surface area contributed by atoms with Gasteiger partial charge in [0.1, 0.15) is 17.7 Å². The van der Waals surface area contributed by atoms with Crippen molar-refractivity contribution in [2.75, 3.05) is 6.54 Å². The maximum Gasteiger partial charge on any atom is 0.315 e. The van der Waals surface area contributed by atoms with Crippen LogP contribution in [0.3, 0.4) is 0 Å². The molecule has 0 fully saturated rings. The van der Waals surface area contributed by atoms with Crippen LogP contribution in [0.5, 0.6) is 5.75 Å². The summed E-state index contributed by atoms with van der Waals surface area (Å²) < 4.78 is 7.52. The zero-order chi connectivity index (χ0) is 15.9. The molecule has 0 aliphatic carbocycles. The largest absolute Gasteiger partial charge is 0.487 e. The summed E-state index contributed by atoms with van der Waals surface area (Å²) in [6.07, 6.45) is 3.32. The monoisotopic (exact) mass is 322 g/mol. The van der Waals surface area contributed by atoms with E-state index >= 15 is 0 Å². The summed E-state index contributed by atoms with van der Waals surface area (Å²) in [5.41, 5.74) is 0. The summed E-state index contributed by atoms with van der Waals surface area (Å²) in [6, 6.07) is 6.97. The van der Waals surface area contributed by atoms with Gasteiger partial charge in [0.25, 0.3) is 0 Å². The second-order valence-corrected chi connectivity index (χ2v) is 5.28. The summed E-state index contributed by atoms with van der Waals surface area (Å²) in [4.78, 5) is 15.9. The Hall–Kier alpha value is -2.21. The molecule has 2 N–H and O–H groups in total. The molecule has 2 amide bonds. The third-order valence-electron chi connectivity index (χ3n) is 3.04. The predicted octanol–water partition coefficient (Wildman–Crippen LogP) is 2.34. The molecule has 22 heavy (non-hydrogen) atoms. The van der Waals surface area contributed by atoms with Gasteiger partial charge in [-0.2, -0.15) is 0 Å². The number of carbonyl (C=O) groups excluding carboxylic acids is 1. The first-order chi connectivity index (χ1) is 10.6. The zero-order valence-corrected chi connectivity index (χ0v) is 13.3. The van der Waals surface area contributed by atoms with Crippen LogP contribution < -0.4 is 15.4 Å². The standard InChI is InChI=1S/C15H19ClN4O2/c1-11(22-13-6-4-3-5-12(13)16)9-18-15(21)19-10-14-17-7-8-20(14)2/h3-8,11H,9-10H2,1-2H3,(H2,18,19,21)/t11-/m0/s1. The topological polar surface area (TPSA) is 68.2 Å². The van der Waals surface area contributed by atoms with Crippen molar-refractivity contribution < 1.29 is 9.53 Å². The van der Waals surface area contributed by atoms with Gasteiger partial charge >= 0.3 is 6.03 Å². The van der Waals surface area contributed by atoms with Crippen molar-refractivity contribution in [1.82, 2.24) is 20.2 Å². The van der Waals surface area contributed by atoms with Crippen LogP contribution >= 0.6 is 11.6 Å². The third kappa shape index (κ3) is 4.66. The smallest absolute Gasteiger partial charge is 0.315 e. The predicted molar refractivity (Wildman–Crippen MR) is 85.0 cm³/mol. The Bertz CT molecular complexity index is 630. The highest BCUT2D eigenvalue weighted by Crippen LogP contribution is 2.23. The van der Waals surface area contributed by atoms with Crippen LogP contribution in [0.2, 0.25) is 5.02 Å². The van der Waals surface area contributed by atoms with Crippen LogP contribution in [0.4, 0.5) is 4.79 Å². The second-order valence-electron chi connectivity index (χ2n) is 4.88. The number of carbonyl (C=O) groups is 1. The molecule has 0 radical (unpaired) electrons. The fourth-order valence-electron chi connectivity index (χ4n) is 1.82. The van der Waals surface area contributed by atoms with Gasteiger partial charge in [-0.3, -0.25) is 0 Å². The molecule has 0 unspecified atom stereocenters. The van der Waals surface area contributed by atoms with Crippen LogP contribution in [0.15, 0.2) is 36.7 Å². The molecule has 1 atom stereocenters. The Labute approximate surface area is 134 Å². The molecule has 0 bridgehead atoms. The Kier molecular flexibility index (Phi) is 5.66. The number of benzene rings is 1. The van der Waals surface area contributed by atoms with E-state index in [-0.39, 0.29) is 12.1 Å². The van der Waals surface area contributed by atoms with Gasteiger partial charge in [0.05, 0.1) is 18.1 Å². The van der Waals surface area contributed by atoms with Crippen LogP contribution in [0.1, 0.15) is 12.7 Å². The summed E-state index contributed by atoms with van der Waals surface area (Å²) in [5.74, 6) is 1.39. The number of hydrogen-bond acceptors (Lipinski definition) is 3. The first-order valence-electron chi connectivity index (χ1n) is 6.95. The third-order valence-corrected chi connectivity index (χ3v) is 3.36. The van der Waals surface area contributed by atoms with E-state index in [0.717, 1.165) is 5.82 Å². The minimum atomic E-state index is -0.266. The lowest BCUT2D eigenvalue weighted by Gasteiger charge is -2.16. The van der Waals surface area contributed by atoms with E-state index in [1.54, 1.807) is 18.3 Å². The van der Waals surface area contributed by atoms with Gasteiger partial charge in [-0.25, -0.2) is 9.78 Å². The van der Waals surface area contributed by atoms with Crippen LogP contribution in [-0.4, -0.2) is 28.2 Å². The maximum atomic E-state index is 11.7. The van der Waals surface area contributed by atoms with Crippen molar-refractivity contribution in [3.63, 3.8) is 0 Å². The molecule has 7 heteroatoms. The molecule has 0 aliphatic rings. The normalized spacial score (nSPS) is 11.8. The number of halogens is 1. The van der Waals surface area contributed by atoms with E-state index in [1.807, 2.05) is 36.9 Å². The van der Waals surface area contributed by atoms with Crippen LogP contribution in [-0.2, 0) is 13.6 Å². The Morgan fingerprint density at radius 3 is 2.86 bits per heavy atom. The van der Waals surface area contributed by atoms with E-state index in [4.69, 9.17) is 16.3 Å². The van der Waals surface area contributed by atoms with Crippen molar-refractivity contribution in [3.8, 4) is 5.75 Å². The number of nitrogens with zero attached hydrogens (tertiary/aromatic N) is 2. The molecule has 118 valence electrons.